The number of hydrogen-bond donors (Lipinski definition) is 1. The second-order valence-electron chi connectivity index (χ2n) is 4.15. The third kappa shape index (κ3) is 3.98. The van der Waals surface area contributed by atoms with Gasteiger partial charge >= 0.3 is 5.97 Å². The Morgan fingerprint density at radius 3 is 3.06 bits per heavy atom. The van der Waals surface area contributed by atoms with Crippen molar-refractivity contribution in [3.05, 3.63) is 34.9 Å². The first-order chi connectivity index (χ1) is 8.75. The molecule has 0 aromatic heterocycles. The molecule has 1 fully saturated rings. The highest BCUT2D eigenvalue weighted by Crippen LogP contribution is 2.16. The summed E-state index contributed by atoms with van der Waals surface area (Å²) in [5.74, 6) is -0.261. The molecule has 0 spiro atoms. The molecule has 5 heteroatoms. The van der Waals surface area contributed by atoms with Crippen LogP contribution in [0.15, 0.2) is 24.3 Å². The molecule has 0 aliphatic carbocycles. The summed E-state index contributed by atoms with van der Waals surface area (Å²) in [6.07, 6.45) is 0.190. The van der Waals surface area contributed by atoms with Crippen molar-refractivity contribution in [1.82, 2.24) is 5.32 Å². The van der Waals surface area contributed by atoms with Crippen LogP contribution in [-0.2, 0) is 20.9 Å². The first-order valence-corrected chi connectivity index (χ1v) is 6.35. The summed E-state index contributed by atoms with van der Waals surface area (Å²) in [7, 11) is 0. The van der Waals surface area contributed by atoms with Gasteiger partial charge in [-0.15, -0.1) is 0 Å². The standard InChI is InChI=1S/C13H16ClNO3/c14-12-4-2-1-3-10(12)9-18-13(16)7-11-8-15-5-6-17-11/h1-4,11,15H,5-9H2. The van der Waals surface area contributed by atoms with E-state index in [1.807, 2.05) is 18.2 Å². The average molecular weight is 270 g/mol. The lowest BCUT2D eigenvalue weighted by molar-refractivity contribution is -0.148. The second-order valence-corrected chi connectivity index (χ2v) is 4.56. The molecule has 0 radical (unpaired) electrons. The van der Waals surface area contributed by atoms with Crippen molar-refractivity contribution in [2.45, 2.75) is 19.1 Å². The molecule has 2 rings (SSSR count). The van der Waals surface area contributed by atoms with E-state index in [4.69, 9.17) is 21.1 Å². The molecule has 4 nitrogen and oxygen atoms in total. The zero-order valence-electron chi connectivity index (χ0n) is 10.0. The van der Waals surface area contributed by atoms with Crippen LogP contribution >= 0.6 is 11.6 Å². The highest BCUT2D eigenvalue weighted by molar-refractivity contribution is 6.31. The molecule has 1 saturated heterocycles. The van der Waals surface area contributed by atoms with Gasteiger partial charge in [0.1, 0.15) is 6.61 Å². The molecule has 1 unspecified atom stereocenters. The van der Waals surface area contributed by atoms with E-state index in [0.717, 1.165) is 12.1 Å². The van der Waals surface area contributed by atoms with Gasteiger partial charge in [-0.05, 0) is 6.07 Å². The summed E-state index contributed by atoms with van der Waals surface area (Å²) >= 11 is 5.97. The fourth-order valence-corrected chi connectivity index (χ4v) is 1.96. The fourth-order valence-electron chi connectivity index (χ4n) is 1.77. The lowest BCUT2D eigenvalue weighted by atomic mass is 10.2. The maximum atomic E-state index is 11.6. The summed E-state index contributed by atoms with van der Waals surface area (Å²) in [6.45, 7) is 2.38. The van der Waals surface area contributed by atoms with E-state index in [1.165, 1.54) is 0 Å². The van der Waals surface area contributed by atoms with Crippen LogP contribution in [0.4, 0.5) is 0 Å². The molecular weight excluding hydrogens is 254 g/mol. The smallest absolute Gasteiger partial charge is 0.308 e. The Labute approximate surface area is 111 Å². The van der Waals surface area contributed by atoms with Gasteiger partial charge in [0, 0.05) is 23.7 Å². The van der Waals surface area contributed by atoms with Gasteiger partial charge in [0.05, 0.1) is 19.1 Å². The fraction of sp³-hybridized carbons (Fsp3) is 0.462. The summed E-state index contributed by atoms with van der Waals surface area (Å²) < 4.78 is 10.6. The molecule has 98 valence electrons. The number of hydrogen-bond acceptors (Lipinski definition) is 4. The average Bonchev–Trinajstić information content (AvgIpc) is 2.39. The Bertz CT molecular complexity index is 405. The molecule has 18 heavy (non-hydrogen) atoms. The number of morpholine rings is 1. The summed E-state index contributed by atoms with van der Waals surface area (Å²) in [6, 6.07) is 7.32. The molecular formula is C13H16ClNO3. The van der Waals surface area contributed by atoms with Crippen LogP contribution < -0.4 is 5.32 Å². The van der Waals surface area contributed by atoms with Gasteiger partial charge in [0.15, 0.2) is 0 Å². The summed E-state index contributed by atoms with van der Waals surface area (Å²) in [4.78, 5) is 11.6. The number of ether oxygens (including phenoxy) is 2. The molecule has 1 heterocycles. The molecule has 1 aromatic carbocycles. The van der Waals surface area contributed by atoms with Gasteiger partial charge < -0.3 is 14.8 Å². The highest BCUT2D eigenvalue weighted by atomic mass is 35.5. The van der Waals surface area contributed by atoms with Crippen LogP contribution in [0.1, 0.15) is 12.0 Å². The van der Waals surface area contributed by atoms with Gasteiger partial charge in [0.25, 0.3) is 0 Å². The van der Waals surface area contributed by atoms with Crippen molar-refractivity contribution in [3.63, 3.8) is 0 Å². The molecule has 0 amide bonds. The van der Waals surface area contributed by atoms with Crippen molar-refractivity contribution in [3.8, 4) is 0 Å². The largest absolute Gasteiger partial charge is 0.461 e. The van der Waals surface area contributed by atoms with Crippen LogP contribution in [0.3, 0.4) is 0 Å². The third-order valence-electron chi connectivity index (χ3n) is 2.75. The summed E-state index contributed by atoms with van der Waals surface area (Å²) in [5, 5.41) is 3.78. The minimum Gasteiger partial charge on any atom is -0.461 e. The molecule has 0 bridgehead atoms. The SMILES string of the molecule is O=C(CC1CNCCO1)OCc1ccccc1Cl. The number of carbonyl (C=O) groups excluding carboxylic acids is 1. The van der Waals surface area contributed by atoms with Crippen molar-refractivity contribution >= 4 is 17.6 Å². The molecule has 1 N–H and O–H groups in total. The van der Waals surface area contributed by atoms with E-state index in [1.54, 1.807) is 6.07 Å². The van der Waals surface area contributed by atoms with Crippen LogP contribution in [0.2, 0.25) is 5.02 Å². The number of benzene rings is 1. The van der Waals surface area contributed by atoms with Gasteiger partial charge in [-0.1, -0.05) is 29.8 Å². The molecule has 1 atom stereocenters. The van der Waals surface area contributed by atoms with Crippen LogP contribution in [0.25, 0.3) is 0 Å². The minimum atomic E-state index is -0.261. The Morgan fingerprint density at radius 2 is 2.33 bits per heavy atom. The third-order valence-corrected chi connectivity index (χ3v) is 3.11. The summed E-state index contributed by atoms with van der Waals surface area (Å²) in [5.41, 5.74) is 0.815. The van der Waals surface area contributed by atoms with E-state index in [0.29, 0.717) is 18.2 Å². The van der Waals surface area contributed by atoms with Crippen LogP contribution in [0, 0.1) is 0 Å². The van der Waals surface area contributed by atoms with E-state index in [9.17, 15) is 4.79 Å². The zero-order chi connectivity index (χ0) is 12.8. The van der Waals surface area contributed by atoms with Gasteiger partial charge in [0.2, 0.25) is 0 Å². The monoisotopic (exact) mass is 269 g/mol. The van der Waals surface area contributed by atoms with E-state index in [2.05, 4.69) is 5.32 Å². The normalized spacial score (nSPS) is 19.5. The first kappa shape index (κ1) is 13.3. The van der Waals surface area contributed by atoms with Gasteiger partial charge in [-0.3, -0.25) is 4.79 Å². The highest BCUT2D eigenvalue weighted by Gasteiger charge is 2.18. The second kappa shape index (κ2) is 6.73. The lowest BCUT2D eigenvalue weighted by Crippen LogP contribution is -2.39. The van der Waals surface area contributed by atoms with Gasteiger partial charge in [-0.2, -0.15) is 0 Å². The Kier molecular flexibility index (Phi) is 4.99. The van der Waals surface area contributed by atoms with Crippen LogP contribution in [0.5, 0.6) is 0 Å². The van der Waals surface area contributed by atoms with E-state index < -0.39 is 0 Å². The maximum absolute atomic E-state index is 11.6. The quantitative estimate of drug-likeness (QED) is 0.847. The lowest BCUT2D eigenvalue weighted by Gasteiger charge is -2.22. The molecule has 1 aliphatic rings. The molecule has 1 aromatic rings. The van der Waals surface area contributed by atoms with Crippen LogP contribution in [-0.4, -0.2) is 31.8 Å². The van der Waals surface area contributed by atoms with E-state index >= 15 is 0 Å². The Balaban J connectivity index is 1.76. The zero-order valence-corrected chi connectivity index (χ0v) is 10.8. The number of nitrogens with one attached hydrogen (secondary N) is 1. The van der Waals surface area contributed by atoms with Crippen molar-refractivity contribution in [2.75, 3.05) is 19.7 Å². The molecule has 0 saturated carbocycles. The topological polar surface area (TPSA) is 47.6 Å². The van der Waals surface area contributed by atoms with Crippen molar-refractivity contribution in [2.24, 2.45) is 0 Å². The maximum Gasteiger partial charge on any atom is 0.308 e. The molecule has 1 aliphatic heterocycles. The van der Waals surface area contributed by atoms with Gasteiger partial charge in [-0.25, -0.2) is 0 Å². The number of carbonyl (C=O) groups is 1. The predicted molar refractivity (Wildman–Crippen MR) is 68.5 cm³/mol. The van der Waals surface area contributed by atoms with Crippen molar-refractivity contribution < 1.29 is 14.3 Å². The number of esters is 1. The Morgan fingerprint density at radius 1 is 1.50 bits per heavy atom. The number of halogens is 1. The number of rotatable bonds is 4. The predicted octanol–water partition coefficient (Wildman–Crippen LogP) is 1.76. The van der Waals surface area contributed by atoms with Crippen molar-refractivity contribution in [1.29, 1.82) is 0 Å². The Hall–Kier alpha value is -1.10. The first-order valence-electron chi connectivity index (χ1n) is 5.97. The van der Waals surface area contributed by atoms with E-state index in [-0.39, 0.29) is 25.1 Å². The minimum absolute atomic E-state index is 0.0857.